The first-order valence-corrected chi connectivity index (χ1v) is 8.72. The second kappa shape index (κ2) is 7.82. The molecule has 2 heterocycles. The van der Waals surface area contributed by atoms with Gasteiger partial charge in [-0.2, -0.15) is 10.4 Å². The van der Waals surface area contributed by atoms with Crippen molar-refractivity contribution in [2.24, 2.45) is 10.9 Å². The number of nitriles is 1. The number of hydrogen-bond donors (Lipinski definition) is 5. The Bertz CT molecular complexity index is 914. The number of carbonyl (C=O) groups excluding carboxylic acids is 1. The summed E-state index contributed by atoms with van der Waals surface area (Å²) in [6, 6.07) is 5.18. The predicted octanol–water partition coefficient (Wildman–Crippen LogP) is 0.764. The second-order valence-electron chi connectivity index (χ2n) is 6.52. The molecule has 0 bridgehead atoms. The van der Waals surface area contributed by atoms with Crippen LogP contribution in [0.25, 0.3) is 5.52 Å². The van der Waals surface area contributed by atoms with Gasteiger partial charge < -0.3 is 27.3 Å². The van der Waals surface area contributed by atoms with Crippen LogP contribution in [0.1, 0.15) is 37.7 Å². The number of fused-ring (bicyclic) bond motifs is 1. The molecule has 1 aliphatic rings. The third-order valence-corrected chi connectivity index (χ3v) is 4.78. The van der Waals surface area contributed by atoms with Crippen LogP contribution in [0.4, 0.5) is 11.5 Å². The van der Waals surface area contributed by atoms with Gasteiger partial charge in [-0.15, -0.1) is 0 Å². The Morgan fingerprint density at radius 3 is 2.85 bits per heavy atom. The molecular formula is C17H22N8O2. The number of nitrogens with zero attached hydrogens (tertiary/aromatic N) is 4. The monoisotopic (exact) mass is 370 g/mol. The number of rotatable bonds is 5. The van der Waals surface area contributed by atoms with Crippen molar-refractivity contribution in [2.45, 2.75) is 44.2 Å². The van der Waals surface area contributed by atoms with E-state index in [0.717, 1.165) is 25.7 Å². The van der Waals surface area contributed by atoms with E-state index in [-0.39, 0.29) is 30.2 Å². The number of nitrogens with two attached hydrogens (primary N) is 2. The van der Waals surface area contributed by atoms with Crippen LogP contribution >= 0.6 is 0 Å². The molecule has 0 saturated heterocycles. The molecule has 0 radical (unpaired) electrons. The summed E-state index contributed by atoms with van der Waals surface area (Å²) in [6.07, 6.45) is 4.94. The minimum absolute atomic E-state index is 0.0750. The summed E-state index contributed by atoms with van der Waals surface area (Å²) >= 11 is 0. The van der Waals surface area contributed by atoms with Crippen molar-refractivity contribution in [3.8, 4) is 6.07 Å². The van der Waals surface area contributed by atoms with Crippen molar-refractivity contribution in [3.63, 3.8) is 0 Å². The minimum atomic E-state index is -0.292. The number of nitrogen functional groups attached to an aromatic ring is 1. The largest absolute Gasteiger partial charge is 0.409 e. The minimum Gasteiger partial charge on any atom is -0.409 e. The Morgan fingerprint density at radius 1 is 1.41 bits per heavy atom. The fourth-order valence-corrected chi connectivity index (χ4v) is 3.47. The number of hydrogen-bond acceptors (Lipinski definition) is 7. The van der Waals surface area contributed by atoms with Crippen molar-refractivity contribution in [1.82, 2.24) is 14.9 Å². The molecule has 0 unspecified atom stereocenters. The summed E-state index contributed by atoms with van der Waals surface area (Å²) in [5.41, 5.74) is 13.5. The first-order valence-electron chi connectivity index (χ1n) is 8.72. The zero-order chi connectivity index (χ0) is 19.4. The van der Waals surface area contributed by atoms with Crippen LogP contribution in [0.5, 0.6) is 0 Å². The molecule has 142 valence electrons. The summed E-state index contributed by atoms with van der Waals surface area (Å²) in [5.74, 6) is 0.0921. The zero-order valence-electron chi connectivity index (χ0n) is 14.7. The summed E-state index contributed by atoms with van der Waals surface area (Å²) in [5, 5.41) is 31.5. The number of carbonyl (C=O) groups is 1. The van der Waals surface area contributed by atoms with E-state index in [9.17, 15) is 4.79 Å². The fourth-order valence-electron chi connectivity index (χ4n) is 3.47. The van der Waals surface area contributed by atoms with Gasteiger partial charge in [-0.3, -0.25) is 4.79 Å². The molecular weight excluding hydrogens is 348 g/mol. The third kappa shape index (κ3) is 3.72. The average Bonchev–Trinajstić information content (AvgIpc) is 3.04. The first kappa shape index (κ1) is 18.3. The van der Waals surface area contributed by atoms with Gasteiger partial charge in [0.05, 0.1) is 29.0 Å². The summed E-state index contributed by atoms with van der Waals surface area (Å²) in [4.78, 5) is 11.9. The van der Waals surface area contributed by atoms with Gasteiger partial charge in [0.2, 0.25) is 5.91 Å². The van der Waals surface area contributed by atoms with Gasteiger partial charge in [-0.05, 0) is 25.0 Å². The molecule has 1 amide bonds. The maximum atomic E-state index is 11.9. The smallest absolute Gasteiger partial charge is 0.234 e. The van der Waals surface area contributed by atoms with E-state index in [2.05, 4.69) is 20.9 Å². The van der Waals surface area contributed by atoms with Crippen molar-refractivity contribution >= 4 is 28.8 Å². The molecule has 1 fully saturated rings. The second-order valence-corrected chi connectivity index (χ2v) is 6.52. The van der Waals surface area contributed by atoms with Gasteiger partial charge in [0, 0.05) is 12.1 Å². The standard InChI is InChI=1S/C17H22N8O2/c18-8-7-15(26)22-11-3-1-2-4-12(11)23-16-10(17(20)24-27)9-21-25-13(16)5-6-14(25)19/h5-6,9,11-12,23,27H,1-4,7,19H2,(H2,20,24)(H,22,26)/t11-,12-/m1/s1. The maximum absolute atomic E-state index is 11.9. The van der Waals surface area contributed by atoms with Gasteiger partial charge in [0.25, 0.3) is 0 Å². The Morgan fingerprint density at radius 2 is 2.15 bits per heavy atom. The van der Waals surface area contributed by atoms with E-state index < -0.39 is 0 Å². The Labute approximate surface area is 155 Å². The van der Waals surface area contributed by atoms with Crippen molar-refractivity contribution in [3.05, 3.63) is 23.9 Å². The zero-order valence-corrected chi connectivity index (χ0v) is 14.7. The van der Waals surface area contributed by atoms with E-state index in [0.29, 0.717) is 22.6 Å². The quantitative estimate of drug-likeness (QED) is 0.224. The maximum Gasteiger partial charge on any atom is 0.234 e. The van der Waals surface area contributed by atoms with E-state index in [4.69, 9.17) is 21.9 Å². The van der Waals surface area contributed by atoms with Crippen LogP contribution in [0.3, 0.4) is 0 Å². The lowest BCUT2D eigenvalue weighted by atomic mass is 9.89. The lowest BCUT2D eigenvalue weighted by molar-refractivity contribution is -0.121. The van der Waals surface area contributed by atoms with Crippen molar-refractivity contribution in [2.75, 3.05) is 11.1 Å². The van der Waals surface area contributed by atoms with Gasteiger partial charge in [0.1, 0.15) is 12.2 Å². The molecule has 0 aliphatic heterocycles. The molecule has 1 saturated carbocycles. The third-order valence-electron chi connectivity index (χ3n) is 4.78. The number of oxime groups is 1. The average molecular weight is 370 g/mol. The molecule has 10 heteroatoms. The highest BCUT2D eigenvalue weighted by Gasteiger charge is 2.28. The highest BCUT2D eigenvalue weighted by atomic mass is 16.4. The predicted molar refractivity (Wildman–Crippen MR) is 100 cm³/mol. The summed E-state index contributed by atoms with van der Waals surface area (Å²) < 4.78 is 1.56. The van der Waals surface area contributed by atoms with Crippen molar-refractivity contribution < 1.29 is 10.0 Å². The molecule has 10 nitrogen and oxygen atoms in total. The molecule has 0 spiro atoms. The topological polar surface area (TPSA) is 167 Å². The van der Waals surface area contributed by atoms with Gasteiger partial charge >= 0.3 is 0 Å². The molecule has 0 aromatic carbocycles. The number of nitrogens with one attached hydrogen (secondary N) is 2. The molecule has 3 rings (SSSR count). The van der Waals surface area contributed by atoms with Gasteiger partial charge in [-0.1, -0.05) is 18.0 Å². The highest BCUT2D eigenvalue weighted by molar-refractivity contribution is 6.05. The Balaban J connectivity index is 1.95. The molecule has 2 aromatic rings. The van der Waals surface area contributed by atoms with Crippen LogP contribution in [0.2, 0.25) is 0 Å². The molecule has 7 N–H and O–H groups in total. The molecule has 27 heavy (non-hydrogen) atoms. The number of amides is 1. The highest BCUT2D eigenvalue weighted by Crippen LogP contribution is 2.29. The van der Waals surface area contributed by atoms with Gasteiger partial charge in [-0.25, -0.2) is 4.52 Å². The Hall–Kier alpha value is -3.48. The van der Waals surface area contributed by atoms with E-state index >= 15 is 0 Å². The first-order chi connectivity index (χ1) is 13.0. The van der Waals surface area contributed by atoms with Crippen LogP contribution < -0.4 is 22.1 Å². The number of anilines is 2. The lowest BCUT2D eigenvalue weighted by Gasteiger charge is -2.34. The fraction of sp³-hybridized carbons (Fsp3) is 0.412. The van der Waals surface area contributed by atoms with Crippen LogP contribution in [0.15, 0.2) is 23.5 Å². The molecule has 2 aromatic heterocycles. The summed E-state index contributed by atoms with van der Waals surface area (Å²) in [6.45, 7) is 0. The van der Waals surface area contributed by atoms with Gasteiger partial charge in [0.15, 0.2) is 5.84 Å². The van der Waals surface area contributed by atoms with Crippen molar-refractivity contribution in [1.29, 1.82) is 5.26 Å². The van der Waals surface area contributed by atoms with E-state index in [1.807, 2.05) is 6.07 Å². The van der Waals surface area contributed by atoms with E-state index in [1.54, 1.807) is 16.6 Å². The van der Waals surface area contributed by atoms with E-state index in [1.165, 1.54) is 6.20 Å². The summed E-state index contributed by atoms with van der Waals surface area (Å²) in [7, 11) is 0. The van der Waals surface area contributed by atoms with Crippen LogP contribution in [-0.2, 0) is 4.79 Å². The Kier molecular flexibility index (Phi) is 5.30. The van der Waals surface area contributed by atoms with Crippen LogP contribution in [-0.4, -0.2) is 38.6 Å². The number of amidine groups is 1. The SMILES string of the molecule is N#CCC(=O)N[C@@H]1CCCC[C@H]1Nc1c(C(N)=NO)cnn2c(N)ccc12. The van der Waals surface area contributed by atoms with Crippen LogP contribution in [0, 0.1) is 11.3 Å². The molecule has 1 aliphatic carbocycles. The normalized spacial score (nSPS) is 20.2. The number of aromatic nitrogens is 2. The lowest BCUT2D eigenvalue weighted by Crippen LogP contribution is -2.48. The molecule has 2 atom stereocenters.